The second-order valence-electron chi connectivity index (χ2n) is 7.81. The lowest BCUT2D eigenvalue weighted by atomic mass is 10.2. The lowest BCUT2D eigenvalue weighted by Crippen LogP contribution is -2.55. The number of nitrogens with zero attached hydrogens (tertiary/aromatic N) is 2. The van der Waals surface area contributed by atoms with Crippen molar-refractivity contribution in [2.24, 2.45) is 10.2 Å². The lowest BCUT2D eigenvalue weighted by molar-refractivity contribution is -0.117. The summed E-state index contributed by atoms with van der Waals surface area (Å²) in [5.41, 5.74) is 5.00. The number of anilines is 1. The summed E-state index contributed by atoms with van der Waals surface area (Å²) in [6.07, 6.45) is 1.92. The summed E-state index contributed by atoms with van der Waals surface area (Å²) in [5, 5.41) is 17.3. The average Bonchev–Trinajstić information content (AvgIpc) is 2.83. The molecule has 10 heteroatoms. The first-order chi connectivity index (χ1) is 17.1. The molecule has 6 nitrogen and oxygen atoms in total. The van der Waals surface area contributed by atoms with Gasteiger partial charge in [-0.15, -0.1) is 0 Å². The molecular weight excluding hydrogens is 537 g/mol. The summed E-state index contributed by atoms with van der Waals surface area (Å²) in [4.78, 5) is 12.4. The Morgan fingerprint density at radius 3 is 2.28 bits per heavy atom. The second-order valence-corrected chi connectivity index (χ2v) is 10.6. The minimum absolute atomic E-state index is 0.163. The van der Waals surface area contributed by atoms with Crippen LogP contribution in [0.15, 0.2) is 89.1 Å². The number of aryl methyl sites for hydroxylation is 2. The number of thiocarbonyl (C=S) groups is 1. The molecule has 186 valence electrons. The van der Waals surface area contributed by atoms with Crippen LogP contribution in [-0.2, 0) is 4.79 Å². The van der Waals surface area contributed by atoms with E-state index in [4.69, 9.17) is 47.0 Å². The number of hydrogen-bond donors (Lipinski definition) is 3. The van der Waals surface area contributed by atoms with Crippen LogP contribution in [0.1, 0.15) is 16.7 Å². The first-order valence-corrected chi connectivity index (χ1v) is 12.4. The zero-order valence-electron chi connectivity index (χ0n) is 19.5. The zero-order chi connectivity index (χ0) is 26.1. The topological polar surface area (TPSA) is 77.9 Å². The standard InChI is InChI=1S/C26H24Cl3N5OS/c1-17-8-6-7-11-22(17)34-33-20-13-14-21(18(2)16-20)30-25(36)32-24(26(27,28)29)31-23(35)15-12-19-9-4-3-5-10-19/h3-16,24H,1-2H3,(H,31,35)(H2,30,32,36). The molecule has 3 aromatic rings. The summed E-state index contributed by atoms with van der Waals surface area (Å²) in [6.45, 7) is 3.88. The van der Waals surface area contributed by atoms with Gasteiger partial charge in [0.2, 0.25) is 9.70 Å². The van der Waals surface area contributed by atoms with Gasteiger partial charge >= 0.3 is 0 Å². The fraction of sp³-hybridized carbons (Fsp3) is 0.154. The van der Waals surface area contributed by atoms with E-state index >= 15 is 0 Å². The van der Waals surface area contributed by atoms with Crippen LogP contribution in [0.25, 0.3) is 6.08 Å². The van der Waals surface area contributed by atoms with Gasteiger partial charge in [0.1, 0.15) is 6.17 Å². The van der Waals surface area contributed by atoms with Crippen molar-refractivity contribution in [1.29, 1.82) is 0 Å². The smallest absolute Gasteiger partial charge is 0.245 e. The number of nitrogens with one attached hydrogen (secondary N) is 3. The number of halogens is 3. The Morgan fingerprint density at radius 2 is 1.61 bits per heavy atom. The Morgan fingerprint density at radius 1 is 0.917 bits per heavy atom. The predicted octanol–water partition coefficient (Wildman–Crippen LogP) is 7.53. The largest absolute Gasteiger partial charge is 0.339 e. The van der Waals surface area contributed by atoms with Gasteiger partial charge in [-0.05, 0) is 73.1 Å². The number of amides is 1. The van der Waals surface area contributed by atoms with Gasteiger partial charge < -0.3 is 16.0 Å². The zero-order valence-corrected chi connectivity index (χ0v) is 22.6. The summed E-state index contributed by atoms with van der Waals surface area (Å²) in [5.74, 6) is -0.454. The van der Waals surface area contributed by atoms with E-state index in [0.29, 0.717) is 5.69 Å². The number of rotatable bonds is 7. The van der Waals surface area contributed by atoms with E-state index < -0.39 is 15.9 Å². The molecule has 3 rings (SSSR count). The fourth-order valence-corrected chi connectivity index (χ4v) is 3.61. The monoisotopic (exact) mass is 559 g/mol. The Kier molecular flexibility index (Phi) is 9.84. The van der Waals surface area contributed by atoms with Crippen molar-refractivity contribution in [2.75, 3.05) is 5.32 Å². The first kappa shape index (κ1) is 27.6. The molecule has 1 unspecified atom stereocenters. The molecule has 3 aromatic carbocycles. The van der Waals surface area contributed by atoms with Crippen LogP contribution >= 0.6 is 47.0 Å². The van der Waals surface area contributed by atoms with Crippen molar-refractivity contribution in [3.05, 3.63) is 95.6 Å². The van der Waals surface area contributed by atoms with Gasteiger partial charge in [0.15, 0.2) is 5.11 Å². The van der Waals surface area contributed by atoms with Crippen LogP contribution < -0.4 is 16.0 Å². The van der Waals surface area contributed by atoms with Crippen molar-refractivity contribution in [3.63, 3.8) is 0 Å². The van der Waals surface area contributed by atoms with E-state index in [1.807, 2.05) is 86.6 Å². The molecule has 0 aliphatic carbocycles. The molecule has 0 bridgehead atoms. The third-order valence-corrected chi connectivity index (χ3v) is 5.84. The third kappa shape index (κ3) is 8.60. The Balaban J connectivity index is 1.62. The maximum Gasteiger partial charge on any atom is 0.245 e. The number of carbonyl (C=O) groups is 1. The highest BCUT2D eigenvalue weighted by molar-refractivity contribution is 7.80. The molecule has 0 aliphatic rings. The third-order valence-electron chi connectivity index (χ3n) is 4.96. The van der Waals surface area contributed by atoms with Gasteiger partial charge in [-0.1, -0.05) is 83.3 Å². The summed E-state index contributed by atoms with van der Waals surface area (Å²) in [7, 11) is 0. The van der Waals surface area contributed by atoms with Crippen LogP contribution in [0.5, 0.6) is 0 Å². The number of azo groups is 1. The van der Waals surface area contributed by atoms with Crippen molar-refractivity contribution in [1.82, 2.24) is 10.6 Å². The van der Waals surface area contributed by atoms with E-state index in [2.05, 4.69) is 26.2 Å². The van der Waals surface area contributed by atoms with Gasteiger partial charge in [0, 0.05) is 11.8 Å². The Labute approximate surface area is 230 Å². The van der Waals surface area contributed by atoms with E-state index in [1.165, 1.54) is 6.08 Å². The normalized spacial score (nSPS) is 12.5. The summed E-state index contributed by atoms with van der Waals surface area (Å²) >= 11 is 23.6. The molecule has 36 heavy (non-hydrogen) atoms. The quantitative estimate of drug-likeness (QED) is 0.0917. The first-order valence-electron chi connectivity index (χ1n) is 10.9. The predicted molar refractivity (Wildman–Crippen MR) is 154 cm³/mol. The maximum absolute atomic E-state index is 12.4. The maximum atomic E-state index is 12.4. The number of alkyl halides is 3. The van der Waals surface area contributed by atoms with Gasteiger partial charge in [-0.2, -0.15) is 10.2 Å². The number of hydrogen-bond acceptors (Lipinski definition) is 4. The van der Waals surface area contributed by atoms with Crippen molar-refractivity contribution in [3.8, 4) is 0 Å². The van der Waals surface area contributed by atoms with Gasteiger partial charge in [0.25, 0.3) is 0 Å². The number of carbonyl (C=O) groups excluding carboxylic acids is 1. The van der Waals surface area contributed by atoms with E-state index in [9.17, 15) is 4.79 Å². The molecule has 1 amide bonds. The average molecular weight is 561 g/mol. The molecule has 0 saturated carbocycles. The SMILES string of the molecule is Cc1ccccc1N=Nc1ccc(NC(=S)NC(NC(=O)C=Cc2ccccc2)C(Cl)(Cl)Cl)c(C)c1. The summed E-state index contributed by atoms with van der Waals surface area (Å²) < 4.78 is -1.86. The molecule has 0 fully saturated rings. The highest BCUT2D eigenvalue weighted by Crippen LogP contribution is 2.29. The molecular formula is C26H24Cl3N5OS. The van der Waals surface area contributed by atoms with E-state index in [1.54, 1.807) is 6.08 Å². The van der Waals surface area contributed by atoms with Crippen LogP contribution in [0.4, 0.5) is 17.1 Å². The number of benzene rings is 3. The van der Waals surface area contributed by atoms with Crippen molar-refractivity contribution >= 4 is 81.2 Å². The van der Waals surface area contributed by atoms with Crippen LogP contribution in [0, 0.1) is 13.8 Å². The van der Waals surface area contributed by atoms with Gasteiger partial charge in [-0.25, -0.2) is 0 Å². The lowest BCUT2D eigenvalue weighted by Gasteiger charge is -2.27. The molecule has 3 N–H and O–H groups in total. The minimum Gasteiger partial charge on any atom is -0.339 e. The van der Waals surface area contributed by atoms with Crippen LogP contribution in [-0.4, -0.2) is 21.0 Å². The van der Waals surface area contributed by atoms with E-state index in [-0.39, 0.29) is 5.11 Å². The Bertz CT molecular complexity index is 1280. The molecule has 1 atom stereocenters. The highest BCUT2D eigenvalue weighted by Gasteiger charge is 2.34. The molecule has 0 heterocycles. The second kappa shape index (κ2) is 12.8. The van der Waals surface area contributed by atoms with Crippen molar-refractivity contribution < 1.29 is 4.79 Å². The molecule has 0 spiro atoms. The molecule has 0 radical (unpaired) electrons. The van der Waals surface area contributed by atoms with Crippen LogP contribution in [0.2, 0.25) is 0 Å². The van der Waals surface area contributed by atoms with Gasteiger partial charge in [0.05, 0.1) is 11.4 Å². The summed E-state index contributed by atoms with van der Waals surface area (Å²) in [6, 6.07) is 22.6. The van der Waals surface area contributed by atoms with E-state index in [0.717, 1.165) is 28.1 Å². The van der Waals surface area contributed by atoms with Gasteiger partial charge in [-0.3, -0.25) is 4.79 Å². The highest BCUT2D eigenvalue weighted by atomic mass is 35.6. The molecule has 0 aromatic heterocycles. The van der Waals surface area contributed by atoms with Crippen molar-refractivity contribution in [2.45, 2.75) is 23.8 Å². The molecule has 0 saturated heterocycles. The Hall–Kier alpha value is -2.97. The van der Waals surface area contributed by atoms with Crippen LogP contribution in [0.3, 0.4) is 0 Å². The molecule has 0 aliphatic heterocycles. The minimum atomic E-state index is -1.86. The fourth-order valence-electron chi connectivity index (χ4n) is 3.05.